The first kappa shape index (κ1) is 27.7. The quantitative estimate of drug-likeness (QED) is 0.336. The second-order valence-corrected chi connectivity index (χ2v) is 10.8. The van der Waals surface area contributed by atoms with Crippen molar-refractivity contribution in [1.29, 1.82) is 0 Å². The van der Waals surface area contributed by atoms with Crippen LogP contribution in [0.5, 0.6) is 0 Å². The predicted octanol–water partition coefficient (Wildman–Crippen LogP) is 5.50. The summed E-state index contributed by atoms with van der Waals surface area (Å²) < 4.78 is 11.3. The number of esters is 1. The Hall–Kier alpha value is -3.84. The van der Waals surface area contributed by atoms with Crippen LogP contribution in [0.2, 0.25) is 0 Å². The molecule has 1 atom stereocenters. The van der Waals surface area contributed by atoms with Gasteiger partial charge in [-0.3, -0.25) is 9.59 Å². The molecule has 210 valence electrons. The summed E-state index contributed by atoms with van der Waals surface area (Å²) in [6.07, 6.45) is 1.84. The molecule has 3 N–H and O–H groups in total. The van der Waals surface area contributed by atoms with Crippen molar-refractivity contribution in [3.63, 3.8) is 0 Å². The molecule has 1 amide bonds. The number of benzene rings is 3. The number of amides is 1. The number of nitrogen functional groups attached to an aromatic ring is 1. The summed E-state index contributed by atoms with van der Waals surface area (Å²) in [5.41, 5.74) is 16.5. The Morgan fingerprint density at radius 2 is 1.95 bits per heavy atom. The zero-order chi connectivity index (χ0) is 28.2. The van der Waals surface area contributed by atoms with Crippen molar-refractivity contribution in [2.24, 2.45) is 0 Å². The summed E-state index contributed by atoms with van der Waals surface area (Å²) in [7, 11) is 0. The third-order valence-electron chi connectivity index (χ3n) is 8.13. The number of rotatable bonds is 3. The zero-order valence-electron chi connectivity index (χ0n) is 23.7. The topological polar surface area (TPSA) is 93.9 Å². The molecule has 5 aliphatic heterocycles. The maximum Gasteiger partial charge on any atom is 0.306 e. The Kier molecular flexibility index (Phi) is 8.40. The molecule has 40 heavy (non-hydrogen) atoms. The van der Waals surface area contributed by atoms with Gasteiger partial charge in [-0.05, 0) is 90.8 Å². The largest absolute Gasteiger partial charge is 0.466 e. The normalized spacial score (nSPS) is 17.4. The third kappa shape index (κ3) is 5.85. The van der Waals surface area contributed by atoms with Crippen molar-refractivity contribution in [2.45, 2.75) is 59.1 Å². The molecule has 0 radical (unpaired) electrons. The maximum absolute atomic E-state index is 13.5. The lowest BCUT2D eigenvalue weighted by molar-refractivity contribution is -0.143. The van der Waals surface area contributed by atoms with E-state index in [1.54, 1.807) is 0 Å². The lowest BCUT2D eigenvalue weighted by Crippen LogP contribution is -2.36. The monoisotopic (exact) mass is 541 g/mol. The van der Waals surface area contributed by atoms with Crippen LogP contribution in [0.15, 0.2) is 48.5 Å². The lowest BCUT2D eigenvalue weighted by Gasteiger charge is -2.31. The fourth-order valence-electron chi connectivity index (χ4n) is 5.91. The number of anilines is 2. The Balaban J connectivity index is 1.58. The van der Waals surface area contributed by atoms with Crippen LogP contribution in [0, 0.1) is 13.8 Å². The molecule has 8 rings (SSSR count). The van der Waals surface area contributed by atoms with E-state index in [1.807, 2.05) is 49.1 Å². The highest BCUT2D eigenvalue weighted by Crippen LogP contribution is 2.38. The molecule has 5 heterocycles. The van der Waals surface area contributed by atoms with E-state index in [1.165, 1.54) is 11.1 Å². The molecule has 7 nitrogen and oxygen atoms in total. The first-order valence-corrected chi connectivity index (χ1v) is 14.2. The highest BCUT2D eigenvalue weighted by Gasteiger charge is 2.27. The average molecular weight is 542 g/mol. The number of carbonyl (C=O) groups is 2. The van der Waals surface area contributed by atoms with E-state index >= 15 is 0 Å². The molecule has 7 bridgehead atoms. The van der Waals surface area contributed by atoms with Crippen LogP contribution in [0.25, 0.3) is 0 Å². The number of hydrogen-bond acceptors (Lipinski definition) is 6. The number of hydrogen-bond donors (Lipinski definition) is 2. The van der Waals surface area contributed by atoms with Gasteiger partial charge in [-0.25, -0.2) is 0 Å². The first-order valence-electron chi connectivity index (χ1n) is 14.2. The van der Waals surface area contributed by atoms with Crippen molar-refractivity contribution in [3.8, 4) is 0 Å². The zero-order valence-corrected chi connectivity index (χ0v) is 23.7. The van der Waals surface area contributed by atoms with Crippen LogP contribution in [0.1, 0.15) is 75.0 Å². The van der Waals surface area contributed by atoms with Gasteiger partial charge in [0, 0.05) is 37.7 Å². The van der Waals surface area contributed by atoms with Gasteiger partial charge in [0.2, 0.25) is 0 Å². The smallest absolute Gasteiger partial charge is 0.306 e. The second kappa shape index (κ2) is 12.1. The van der Waals surface area contributed by atoms with Gasteiger partial charge in [0.1, 0.15) is 0 Å². The van der Waals surface area contributed by atoms with Crippen molar-refractivity contribution in [3.05, 3.63) is 93.0 Å². The summed E-state index contributed by atoms with van der Waals surface area (Å²) in [6, 6.07) is 16.2. The molecule has 0 aromatic heterocycles. The number of nitrogens with two attached hydrogens (primary N) is 1. The number of ether oxygens (including phenoxy) is 2. The van der Waals surface area contributed by atoms with Crippen molar-refractivity contribution in [1.82, 2.24) is 4.90 Å². The van der Waals surface area contributed by atoms with E-state index in [2.05, 4.69) is 30.4 Å². The van der Waals surface area contributed by atoms with Gasteiger partial charge >= 0.3 is 5.97 Å². The molecular formula is C33H39N3O4. The fourth-order valence-corrected chi connectivity index (χ4v) is 5.91. The van der Waals surface area contributed by atoms with Gasteiger partial charge in [-0.15, -0.1) is 0 Å². The standard InChI is InChI=1S/C33H39N3O4/c1-4-40-31(37)18-29-25-16-21(2)27-12-14-36(19-26(27)17-25)33(38)24-8-6-23(7-9-24)20-39-15-5-13-35-30-11-10-28(29)22(3)32(30)34/h6-11,16-17,29,35H,4-5,12-15,18-20,34H2,1-3H3. The molecule has 0 spiro atoms. The van der Waals surface area contributed by atoms with Gasteiger partial charge in [0.25, 0.3) is 5.91 Å². The van der Waals surface area contributed by atoms with E-state index in [4.69, 9.17) is 15.2 Å². The van der Waals surface area contributed by atoms with Crippen LogP contribution in [-0.4, -0.2) is 43.1 Å². The SMILES string of the molecule is CCOC(=O)CC1c2cc(C)c3c(c2)CN(CC3)C(=O)c2ccc(cc2)COCCCNc2ccc1c(C)c2N. The third-order valence-corrected chi connectivity index (χ3v) is 8.13. The number of aryl methyl sites for hydroxylation is 1. The van der Waals surface area contributed by atoms with Crippen LogP contribution in [0.3, 0.4) is 0 Å². The molecule has 0 fully saturated rings. The van der Waals surface area contributed by atoms with Gasteiger partial charge in [-0.2, -0.15) is 0 Å². The molecule has 0 aliphatic carbocycles. The van der Waals surface area contributed by atoms with Crippen LogP contribution >= 0.6 is 0 Å². The first-order chi connectivity index (χ1) is 19.4. The van der Waals surface area contributed by atoms with E-state index in [9.17, 15) is 9.59 Å². The Bertz CT molecular complexity index is 1400. The molecule has 7 heteroatoms. The molecule has 3 aromatic rings. The molecule has 5 aliphatic rings. The fraction of sp³-hybridized carbons (Fsp3) is 0.394. The van der Waals surface area contributed by atoms with Gasteiger partial charge in [0.15, 0.2) is 0 Å². The maximum atomic E-state index is 13.5. The lowest BCUT2D eigenvalue weighted by atomic mass is 9.82. The predicted molar refractivity (Wildman–Crippen MR) is 158 cm³/mol. The second-order valence-electron chi connectivity index (χ2n) is 10.8. The molecular weight excluding hydrogens is 502 g/mol. The number of nitrogens with zero attached hydrogens (tertiary/aromatic N) is 1. The van der Waals surface area contributed by atoms with Crippen LogP contribution < -0.4 is 11.1 Å². The van der Waals surface area contributed by atoms with Gasteiger partial charge < -0.3 is 25.4 Å². The van der Waals surface area contributed by atoms with Crippen molar-refractivity contribution < 1.29 is 19.1 Å². The van der Waals surface area contributed by atoms with Gasteiger partial charge in [-0.1, -0.05) is 30.3 Å². The van der Waals surface area contributed by atoms with E-state index in [-0.39, 0.29) is 24.2 Å². The summed E-state index contributed by atoms with van der Waals surface area (Å²) >= 11 is 0. The Labute approximate surface area is 236 Å². The van der Waals surface area contributed by atoms with Crippen molar-refractivity contribution >= 4 is 23.3 Å². The van der Waals surface area contributed by atoms with Gasteiger partial charge in [0.05, 0.1) is 31.0 Å². The minimum Gasteiger partial charge on any atom is -0.466 e. The van der Waals surface area contributed by atoms with Crippen LogP contribution in [0.4, 0.5) is 11.4 Å². The Morgan fingerprint density at radius 1 is 1.15 bits per heavy atom. The number of nitrogens with one attached hydrogen (secondary N) is 1. The summed E-state index contributed by atoms with van der Waals surface area (Å²) in [5, 5.41) is 3.45. The molecule has 3 aromatic carbocycles. The number of carbonyl (C=O) groups excluding carboxylic acids is 2. The van der Waals surface area contributed by atoms with E-state index in [0.29, 0.717) is 44.2 Å². The highest BCUT2D eigenvalue weighted by molar-refractivity contribution is 5.94. The van der Waals surface area contributed by atoms with E-state index in [0.717, 1.165) is 52.9 Å². The minimum atomic E-state index is -0.242. The minimum absolute atomic E-state index is 0.0282. The summed E-state index contributed by atoms with van der Waals surface area (Å²) in [6.45, 7) is 9.34. The summed E-state index contributed by atoms with van der Waals surface area (Å²) in [5.74, 6) is -0.435. The average Bonchev–Trinajstić information content (AvgIpc) is 2.95. The summed E-state index contributed by atoms with van der Waals surface area (Å²) in [4.78, 5) is 28.2. The highest BCUT2D eigenvalue weighted by atomic mass is 16.5. The van der Waals surface area contributed by atoms with Crippen molar-refractivity contribution in [2.75, 3.05) is 37.4 Å². The molecule has 0 saturated carbocycles. The Morgan fingerprint density at radius 3 is 2.73 bits per heavy atom. The molecule has 1 unspecified atom stereocenters. The molecule has 0 saturated heterocycles. The van der Waals surface area contributed by atoms with E-state index < -0.39 is 0 Å². The van der Waals surface area contributed by atoms with Crippen LogP contribution in [-0.2, 0) is 33.8 Å².